The Hall–Kier alpha value is -1.98. The first-order valence-electron chi connectivity index (χ1n) is 8.78. The van der Waals surface area contributed by atoms with Gasteiger partial charge in [-0.2, -0.15) is 0 Å². The molecular formula is C20H24N2O2S. The molecule has 1 saturated carbocycles. The van der Waals surface area contributed by atoms with Crippen LogP contribution in [0.15, 0.2) is 41.8 Å². The van der Waals surface area contributed by atoms with Crippen LogP contribution in [0.1, 0.15) is 59.3 Å². The number of nitrogens with two attached hydrogens (primary N) is 1. The molecule has 1 aromatic heterocycles. The Morgan fingerprint density at radius 1 is 1.12 bits per heavy atom. The lowest BCUT2D eigenvalue weighted by atomic mass is 9.91. The van der Waals surface area contributed by atoms with Gasteiger partial charge in [0.05, 0.1) is 10.8 Å². The molecule has 1 aliphatic rings. The summed E-state index contributed by atoms with van der Waals surface area (Å²) in [6.07, 6.45) is 3.85. The van der Waals surface area contributed by atoms with Crippen LogP contribution >= 0.6 is 11.3 Å². The average molecular weight is 356 g/mol. The molecule has 0 spiro atoms. The van der Waals surface area contributed by atoms with E-state index in [-0.39, 0.29) is 29.7 Å². The van der Waals surface area contributed by atoms with Crippen LogP contribution in [-0.2, 0) is 4.79 Å². The fraction of sp³-hybridized carbons (Fsp3) is 0.400. The summed E-state index contributed by atoms with van der Waals surface area (Å²) in [6.45, 7) is 1.90. The number of carbonyl (C=O) groups is 2. The maximum absolute atomic E-state index is 12.5. The summed E-state index contributed by atoms with van der Waals surface area (Å²) in [5, 5.41) is 5.03. The van der Waals surface area contributed by atoms with Crippen molar-refractivity contribution < 1.29 is 9.59 Å². The zero-order valence-corrected chi connectivity index (χ0v) is 15.2. The van der Waals surface area contributed by atoms with Gasteiger partial charge in [-0.3, -0.25) is 9.59 Å². The van der Waals surface area contributed by atoms with Crippen molar-refractivity contribution in [1.82, 2.24) is 5.32 Å². The van der Waals surface area contributed by atoms with E-state index in [1.165, 1.54) is 11.3 Å². The van der Waals surface area contributed by atoms with Gasteiger partial charge >= 0.3 is 0 Å². The number of hydrogen-bond acceptors (Lipinski definition) is 4. The number of thiophene rings is 1. The van der Waals surface area contributed by atoms with Gasteiger partial charge in [0, 0.05) is 17.6 Å². The number of amides is 1. The van der Waals surface area contributed by atoms with Gasteiger partial charge in [-0.05, 0) is 49.6 Å². The molecule has 0 bridgehead atoms. The molecule has 0 aliphatic heterocycles. The van der Waals surface area contributed by atoms with E-state index in [2.05, 4.69) is 5.32 Å². The summed E-state index contributed by atoms with van der Waals surface area (Å²) in [4.78, 5) is 25.6. The fourth-order valence-corrected chi connectivity index (χ4v) is 3.90. The molecule has 1 aromatic carbocycles. The molecular weight excluding hydrogens is 332 g/mol. The zero-order chi connectivity index (χ0) is 17.8. The molecule has 2 aromatic rings. The van der Waals surface area contributed by atoms with Crippen LogP contribution in [-0.4, -0.2) is 23.8 Å². The first-order chi connectivity index (χ1) is 12.0. The van der Waals surface area contributed by atoms with Crippen molar-refractivity contribution in [3.05, 3.63) is 57.8 Å². The number of ketones is 1. The monoisotopic (exact) mass is 356 g/mol. The first-order valence-corrected chi connectivity index (χ1v) is 9.66. The number of carbonyl (C=O) groups excluding carboxylic acids is 2. The van der Waals surface area contributed by atoms with Crippen LogP contribution in [0, 0.1) is 0 Å². The van der Waals surface area contributed by atoms with E-state index in [1.54, 1.807) is 12.1 Å². The van der Waals surface area contributed by atoms with Gasteiger partial charge in [-0.1, -0.05) is 30.3 Å². The predicted molar refractivity (Wildman–Crippen MR) is 101 cm³/mol. The molecule has 0 radical (unpaired) electrons. The number of benzene rings is 1. The Morgan fingerprint density at radius 3 is 2.40 bits per heavy atom. The van der Waals surface area contributed by atoms with Crippen LogP contribution in [0.5, 0.6) is 0 Å². The summed E-state index contributed by atoms with van der Waals surface area (Å²) < 4.78 is 0. The molecule has 3 N–H and O–H groups in total. The van der Waals surface area contributed by atoms with Crippen molar-refractivity contribution in [2.24, 2.45) is 5.73 Å². The highest BCUT2D eigenvalue weighted by atomic mass is 32.1. The second-order valence-electron chi connectivity index (χ2n) is 6.77. The minimum Gasteiger partial charge on any atom is -0.353 e. The van der Waals surface area contributed by atoms with E-state index in [0.29, 0.717) is 5.56 Å². The SMILES string of the molecule is CC(C(=O)NC1CCC(N)CC1)c1ccc(C(=O)c2cccs2)cc1. The topological polar surface area (TPSA) is 72.2 Å². The Labute approximate surface area is 152 Å². The van der Waals surface area contributed by atoms with Crippen LogP contribution < -0.4 is 11.1 Å². The summed E-state index contributed by atoms with van der Waals surface area (Å²) in [5.41, 5.74) is 7.49. The second kappa shape index (κ2) is 7.93. The molecule has 1 unspecified atom stereocenters. The van der Waals surface area contributed by atoms with Gasteiger partial charge in [-0.25, -0.2) is 0 Å². The van der Waals surface area contributed by atoms with Gasteiger partial charge in [0.1, 0.15) is 0 Å². The highest BCUT2D eigenvalue weighted by Crippen LogP contribution is 2.22. The molecule has 0 saturated heterocycles. The third kappa shape index (κ3) is 4.35. The molecule has 1 aliphatic carbocycles. The van der Waals surface area contributed by atoms with Crippen LogP contribution in [0.4, 0.5) is 0 Å². The Bertz CT molecular complexity index is 717. The third-order valence-electron chi connectivity index (χ3n) is 4.93. The summed E-state index contributed by atoms with van der Waals surface area (Å²) in [6, 6.07) is 11.6. The fourth-order valence-electron chi connectivity index (χ4n) is 3.21. The molecule has 1 fully saturated rings. The average Bonchev–Trinajstić information content (AvgIpc) is 3.17. The van der Waals surface area contributed by atoms with Crippen molar-refractivity contribution in [2.45, 2.75) is 50.6 Å². The Morgan fingerprint density at radius 2 is 1.80 bits per heavy atom. The number of nitrogens with one attached hydrogen (secondary N) is 1. The molecule has 5 heteroatoms. The van der Waals surface area contributed by atoms with Crippen molar-refractivity contribution >= 4 is 23.0 Å². The van der Waals surface area contributed by atoms with Gasteiger partial charge in [0.15, 0.2) is 0 Å². The minimum atomic E-state index is -0.235. The van der Waals surface area contributed by atoms with Gasteiger partial charge in [0.25, 0.3) is 0 Å². The third-order valence-corrected chi connectivity index (χ3v) is 5.80. The van der Waals surface area contributed by atoms with E-state index >= 15 is 0 Å². The zero-order valence-electron chi connectivity index (χ0n) is 14.4. The lowest BCUT2D eigenvalue weighted by Crippen LogP contribution is -2.42. The second-order valence-corrected chi connectivity index (χ2v) is 7.72. The minimum absolute atomic E-state index is 0.0252. The standard InChI is InChI=1S/C20H24N2O2S/c1-13(20(24)22-17-10-8-16(21)9-11-17)14-4-6-15(7-5-14)19(23)18-3-2-12-25-18/h2-7,12-13,16-17H,8-11,21H2,1H3,(H,22,24). The highest BCUT2D eigenvalue weighted by Gasteiger charge is 2.23. The van der Waals surface area contributed by atoms with E-state index in [0.717, 1.165) is 36.1 Å². The maximum Gasteiger partial charge on any atom is 0.227 e. The molecule has 3 rings (SSSR count). The predicted octanol–water partition coefficient (Wildman–Crippen LogP) is 3.47. The molecule has 1 amide bonds. The van der Waals surface area contributed by atoms with E-state index in [9.17, 15) is 9.59 Å². The lowest BCUT2D eigenvalue weighted by molar-refractivity contribution is -0.123. The van der Waals surface area contributed by atoms with Crippen molar-refractivity contribution in [3.8, 4) is 0 Å². The highest BCUT2D eigenvalue weighted by molar-refractivity contribution is 7.12. The summed E-state index contributed by atoms with van der Waals surface area (Å²) in [7, 11) is 0. The van der Waals surface area contributed by atoms with Crippen LogP contribution in [0.2, 0.25) is 0 Å². The molecule has 4 nitrogen and oxygen atoms in total. The number of rotatable bonds is 5. The molecule has 1 atom stereocenters. The van der Waals surface area contributed by atoms with E-state index < -0.39 is 0 Å². The molecule has 25 heavy (non-hydrogen) atoms. The van der Waals surface area contributed by atoms with Crippen molar-refractivity contribution in [1.29, 1.82) is 0 Å². The lowest BCUT2D eigenvalue weighted by Gasteiger charge is -2.28. The Balaban J connectivity index is 1.61. The Kier molecular flexibility index (Phi) is 5.66. The van der Waals surface area contributed by atoms with Gasteiger partial charge < -0.3 is 11.1 Å². The van der Waals surface area contributed by atoms with Crippen molar-refractivity contribution in [3.63, 3.8) is 0 Å². The quantitative estimate of drug-likeness (QED) is 0.806. The van der Waals surface area contributed by atoms with Crippen LogP contribution in [0.25, 0.3) is 0 Å². The van der Waals surface area contributed by atoms with Gasteiger partial charge in [0.2, 0.25) is 11.7 Å². The van der Waals surface area contributed by atoms with E-state index in [1.807, 2.05) is 36.6 Å². The van der Waals surface area contributed by atoms with Crippen LogP contribution in [0.3, 0.4) is 0 Å². The summed E-state index contributed by atoms with van der Waals surface area (Å²) in [5.74, 6) is -0.170. The number of hydrogen-bond donors (Lipinski definition) is 2. The molecule has 1 heterocycles. The van der Waals surface area contributed by atoms with Crippen molar-refractivity contribution in [2.75, 3.05) is 0 Å². The normalized spacial score (nSPS) is 21.5. The summed E-state index contributed by atoms with van der Waals surface area (Å²) >= 11 is 1.44. The van der Waals surface area contributed by atoms with E-state index in [4.69, 9.17) is 5.73 Å². The maximum atomic E-state index is 12.5. The molecule has 132 valence electrons. The smallest absolute Gasteiger partial charge is 0.227 e. The first kappa shape index (κ1) is 17.8. The van der Waals surface area contributed by atoms with Gasteiger partial charge in [-0.15, -0.1) is 11.3 Å². The largest absolute Gasteiger partial charge is 0.353 e.